The van der Waals surface area contributed by atoms with Gasteiger partial charge in [-0.05, 0) is 23.6 Å². The topological polar surface area (TPSA) is 64.5 Å². The number of halogens is 3. The third kappa shape index (κ3) is 3.29. The first-order chi connectivity index (χ1) is 11.8. The first kappa shape index (κ1) is 17.6. The first-order valence-corrected chi connectivity index (χ1v) is 8.00. The van der Waals surface area contributed by atoms with Crippen LogP contribution in [0.1, 0.15) is 35.6 Å². The molecule has 3 atom stereocenters. The van der Waals surface area contributed by atoms with Gasteiger partial charge in [-0.1, -0.05) is 37.3 Å². The Morgan fingerprint density at radius 1 is 1.00 bits per heavy atom. The summed E-state index contributed by atoms with van der Waals surface area (Å²) < 4.78 is 40.5. The quantitative estimate of drug-likeness (QED) is 0.682. The molecule has 0 bridgehead atoms. The number of alkyl halides is 3. The average molecular weight is 352 g/mol. The maximum absolute atomic E-state index is 13.5. The van der Waals surface area contributed by atoms with Crippen molar-refractivity contribution < 1.29 is 23.4 Å². The fraction of sp³-hybridized carbons (Fsp3) is 0.333. The van der Waals surface area contributed by atoms with Crippen LogP contribution in [0.5, 0.6) is 11.5 Å². The molecule has 1 aliphatic rings. The molecular weight excluding hydrogens is 333 g/mol. The third-order valence-electron chi connectivity index (χ3n) is 4.59. The fourth-order valence-corrected chi connectivity index (χ4v) is 3.34. The Morgan fingerprint density at radius 2 is 1.68 bits per heavy atom. The van der Waals surface area contributed by atoms with Crippen LogP contribution in [0.4, 0.5) is 13.2 Å². The minimum absolute atomic E-state index is 0.0710. The van der Waals surface area contributed by atoms with Crippen molar-refractivity contribution in [1.29, 1.82) is 0 Å². The van der Waals surface area contributed by atoms with Crippen LogP contribution >= 0.6 is 0 Å². The molecule has 7 heteroatoms. The van der Waals surface area contributed by atoms with E-state index in [0.29, 0.717) is 23.1 Å². The van der Waals surface area contributed by atoms with Crippen molar-refractivity contribution in [2.45, 2.75) is 37.5 Å². The maximum atomic E-state index is 13.5. The minimum Gasteiger partial charge on any atom is -0.508 e. The number of hydrazine groups is 1. The standard InChI is InChI=1S/C18H19F3N2O2/c1-2-10-8-12(14(25)9-13(10)24)16-15(11-6-4-3-5-7-11)17(23-22-16)18(19,20)21/h3-9,15-17,22-25H,2H2,1H3. The molecule has 3 unspecified atom stereocenters. The minimum atomic E-state index is -4.46. The van der Waals surface area contributed by atoms with Gasteiger partial charge >= 0.3 is 6.18 Å². The number of rotatable bonds is 3. The summed E-state index contributed by atoms with van der Waals surface area (Å²) in [5, 5.41) is 20.1. The number of phenolic OH excluding ortho intramolecular Hbond substituents is 2. The SMILES string of the molecule is CCc1cc(C2NNC(C(F)(F)F)C2c2ccccc2)c(O)cc1O. The number of hydrogen-bond donors (Lipinski definition) is 4. The first-order valence-electron chi connectivity index (χ1n) is 8.00. The lowest BCUT2D eigenvalue weighted by Crippen LogP contribution is -2.43. The van der Waals surface area contributed by atoms with Crippen LogP contribution in [-0.4, -0.2) is 22.4 Å². The van der Waals surface area contributed by atoms with Crippen molar-refractivity contribution in [2.24, 2.45) is 0 Å². The van der Waals surface area contributed by atoms with Gasteiger partial charge in [-0.3, -0.25) is 0 Å². The van der Waals surface area contributed by atoms with E-state index in [9.17, 15) is 23.4 Å². The van der Waals surface area contributed by atoms with E-state index in [1.165, 1.54) is 6.07 Å². The van der Waals surface area contributed by atoms with E-state index >= 15 is 0 Å². The van der Waals surface area contributed by atoms with Gasteiger partial charge in [-0.15, -0.1) is 0 Å². The van der Waals surface area contributed by atoms with Gasteiger partial charge in [0.15, 0.2) is 0 Å². The van der Waals surface area contributed by atoms with Crippen LogP contribution < -0.4 is 10.9 Å². The summed E-state index contributed by atoms with van der Waals surface area (Å²) in [6.07, 6.45) is -3.96. The summed E-state index contributed by atoms with van der Waals surface area (Å²) in [4.78, 5) is 0. The molecule has 4 nitrogen and oxygen atoms in total. The number of nitrogens with one attached hydrogen (secondary N) is 2. The molecule has 1 heterocycles. The van der Waals surface area contributed by atoms with Crippen LogP contribution in [0.2, 0.25) is 0 Å². The van der Waals surface area contributed by atoms with Gasteiger partial charge in [0.25, 0.3) is 0 Å². The predicted octanol–water partition coefficient (Wildman–Crippen LogP) is 3.52. The van der Waals surface area contributed by atoms with Crippen LogP contribution in [0.3, 0.4) is 0 Å². The molecule has 134 valence electrons. The highest BCUT2D eigenvalue weighted by Crippen LogP contribution is 2.46. The van der Waals surface area contributed by atoms with Crippen molar-refractivity contribution in [1.82, 2.24) is 10.9 Å². The lowest BCUT2D eigenvalue weighted by atomic mass is 9.82. The summed E-state index contributed by atoms with van der Waals surface area (Å²) in [5.74, 6) is -1.27. The maximum Gasteiger partial charge on any atom is 0.405 e. The Kier molecular flexibility index (Phi) is 4.62. The molecule has 1 saturated heterocycles. The molecule has 2 aromatic rings. The second kappa shape index (κ2) is 6.57. The van der Waals surface area contributed by atoms with Crippen molar-refractivity contribution in [2.75, 3.05) is 0 Å². The fourth-order valence-electron chi connectivity index (χ4n) is 3.34. The summed E-state index contributed by atoms with van der Waals surface area (Å²) in [6.45, 7) is 1.82. The van der Waals surface area contributed by atoms with E-state index in [-0.39, 0.29) is 11.5 Å². The largest absolute Gasteiger partial charge is 0.508 e. The van der Waals surface area contributed by atoms with Crippen LogP contribution in [-0.2, 0) is 6.42 Å². The van der Waals surface area contributed by atoms with Gasteiger partial charge in [0.2, 0.25) is 0 Å². The van der Waals surface area contributed by atoms with E-state index in [1.54, 1.807) is 36.4 Å². The van der Waals surface area contributed by atoms with Gasteiger partial charge in [-0.2, -0.15) is 13.2 Å². The lowest BCUT2D eigenvalue weighted by Gasteiger charge is -2.26. The van der Waals surface area contributed by atoms with Crippen LogP contribution in [0, 0.1) is 0 Å². The molecule has 0 saturated carbocycles. The monoisotopic (exact) mass is 352 g/mol. The molecule has 0 amide bonds. The van der Waals surface area contributed by atoms with Crippen LogP contribution in [0.15, 0.2) is 42.5 Å². The predicted molar refractivity (Wildman–Crippen MR) is 87.2 cm³/mol. The zero-order chi connectivity index (χ0) is 18.2. The van der Waals surface area contributed by atoms with E-state index < -0.39 is 24.2 Å². The molecule has 2 aromatic carbocycles. The molecule has 0 aromatic heterocycles. The van der Waals surface area contributed by atoms with Gasteiger partial charge in [0, 0.05) is 17.5 Å². The summed E-state index contributed by atoms with van der Waals surface area (Å²) in [6, 6.07) is 8.55. The van der Waals surface area contributed by atoms with Gasteiger partial charge < -0.3 is 10.2 Å². The second-order valence-corrected chi connectivity index (χ2v) is 6.12. The number of benzene rings is 2. The lowest BCUT2D eigenvalue weighted by molar-refractivity contribution is -0.156. The van der Waals surface area contributed by atoms with E-state index in [1.807, 2.05) is 6.92 Å². The Morgan fingerprint density at radius 3 is 2.28 bits per heavy atom. The van der Waals surface area contributed by atoms with Crippen molar-refractivity contribution >= 4 is 0 Å². The third-order valence-corrected chi connectivity index (χ3v) is 4.59. The van der Waals surface area contributed by atoms with Gasteiger partial charge in [0.1, 0.15) is 17.5 Å². The highest BCUT2D eigenvalue weighted by molar-refractivity contribution is 5.48. The average Bonchev–Trinajstić information content (AvgIpc) is 3.01. The van der Waals surface area contributed by atoms with E-state index in [4.69, 9.17) is 0 Å². The van der Waals surface area contributed by atoms with E-state index in [0.717, 1.165) is 0 Å². The molecule has 25 heavy (non-hydrogen) atoms. The molecule has 0 radical (unpaired) electrons. The molecule has 3 rings (SSSR count). The zero-order valence-corrected chi connectivity index (χ0v) is 13.5. The Bertz CT molecular complexity index is 750. The molecule has 1 aliphatic heterocycles. The molecule has 4 N–H and O–H groups in total. The number of aromatic hydroxyl groups is 2. The Hall–Kier alpha value is -2.25. The highest BCUT2D eigenvalue weighted by atomic mass is 19.4. The van der Waals surface area contributed by atoms with Crippen LogP contribution in [0.25, 0.3) is 0 Å². The summed E-state index contributed by atoms with van der Waals surface area (Å²) in [7, 11) is 0. The number of aryl methyl sites for hydroxylation is 1. The number of hydrogen-bond acceptors (Lipinski definition) is 4. The van der Waals surface area contributed by atoms with Gasteiger partial charge in [-0.25, -0.2) is 10.9 Å². The Balaban J connectivity index is 2.09. The second-order valence-electron chi connectivity index (χ2n) is 6.12. The Labute approximate surface area is 143 Å². The van der Waals surface area contributed by atoms with Crippen molar-refractivity contribution in [3.63, 3.8) is 0 Å². The smallest absolute Gasteiger partial charge is 0.405 e. The van der Waals surface area contributed by atoms with E-state index in [2.05, 4.69) is 10.9 Å². The van der Waals surface area contributed by atoms with Crippen molar-refractivity contribution in [3.8, 4) is 11.5 Å². The molecule has 0 aliphatic carbocycles. The normalized spacial score (nSPS) is 23.8. The molecule has 1 fully saturated rings. The molecular formula is C18H19F3N2O2. The van der Waals surface area contributed by atoms with Crippen molar-refractivity contribution in [3.05, 3.63) is 59.2 Å². The summed E-state index contributed by atoms with van der Waals surface area (Å²) in [5.41, 5.74) is 6.40. The van der Waals surface area contributed by atoms with Gasteiger partial charge in [0.05, 0.1) is 6.04 Å². The summed E-state index contributed by atoms with van der Waals surface area (Å²) >= 11 is 0. The molecule has 0 spiro atoms. The number of phenols is 2. The highest BCUT2D eigenvalue weighted by Gasteiger charge is 2.52. The zero-order valence-electron chi connectivity index (χ0n) is 13.5.